The molecule has 26 heavy (non-hydrogen) atoms. The van der Waals surface area contributed by atoms with Crippen molar-refractivity contribution in [1.29, 1.82) is 0 Å². The number of nitrogens with one attached hydrogen (secondary N) is 1. The molecule has 0 unspecified atom stereocenters. The first kappa shape index (κ1) is 17.4. The molecule has 2 aromatic carbocycles. The van der Waals surface area contributed by atoms with E-state index >= 15 is 0 Å². The third-order valence-electron chi connectivity index (χ3n) is 5.16. The number of anilines is 1. The minimum atomic E-state index is -0.644. The van der Waals surface area contributed by atoms with Crippen molar-refractivity contribution in [3.8, 4) is 0 Å². The van der Waals surface area contributed by atoms with Gasteiger partial charge in [0, 0.05) is 16.8 Å². The maximum absolute atomic E-state index is 14.4. The van der Waals surface area contributed by atoms with Gasteiger partial charge in [0.1, 0.15) is 23.8 Å². The third-order valence-corrected chi connectivity index (χ3v) is 5.16. The largest absolute Gasteiger partial charge is 0.375 e. The van der Waals surface area contributed by atoms with E-state index in [9.17, 15) is 8.78 Å². The van der Waals surface area contributed by atoms with Crippen molar-refractivity contribution >= 4 is 5.69 Å². The van der Waals surface area contributed by atoms with Crippen molar-refractivity contribution in [2.75, 3.05) is 18.5 Å². The summed E-state index contributed by atoms with van der Waals surface area (Å²) in [5.74, 6) is -1.16. The highest BCUT2D eigenvalue weighted by Gasteiger charge is 2.43. The van der Waals surface area contributed by atoms with E-state index in [1.165, 1.54) is 23.8 Å². The predicted octanol–water partition coefficient (Wildman–Crippen LogP) is 4.89. The Labute approximate surface area is 152 Å². The zero-order chi connectivity index (χ0) is 18.5. The van der Waals surface area contributed by atoms with Crippen molar-refractivity contribution < 1.29 is 18.3 Å². The average molecular weight is 359 g/mol. The highest BCUT2D eigenvalue weighted by molar-refractivity contribution is 5.59. The number of rotatable bonds is 1. The summed E-state index contributed by atoms with van der Waals surface area (Å²) < 4.78 is 40.7. The first-order valence-corrected chi connectivity index (χ1v) is 8.94. The Hall–Kier alpha value is -1.98. The van der Waals surface area contributed by atoms with Crippen LogP contribution in [0.1, 0.15) is 49.6 Å². The van der Waals surface area contributed by atoms with Gasteiger partial charge in [-0.25, -0.2) is 8.78 Å². The minimum Gasteiger partial charge on any atom is -0.375 e. The van der Waals surface area contributed by atoms with Gasteiger partial charge in [-0.15, -0.1) is 0 Å². The lowest BCUT2D eigenvalue weighted by Gasteiger charge is -2.43. The van der Waals surface area contributed by atoms with Crippen molar-refractivity contribution in [3.63, 3.8) is 0 Å². The Morgan fingerprint density at radius 2 is 1.69 bits per heavy atom. The van der Waals surface area contributed by atoms with Gasteiger partial charge in [-0.1, -0.05) is 39.0 Å². The first-order valence-electron chi connectivity index (χ1n) is 8.94. The van der Waals surface area contributed by atoms with Crippen LogP contribution in [0.2, 0.25) is 0 Å². The number of ether oxygens (including phenoxy) is 2. The highest BCUT2D eigenvalue weighted by Crippen LogP contribution is 2.46. The van der Waals surface area contributed by atoms with Crippen LogP contribution in [-0.2, 0) is 14.9 Å². The quantitative estimate of drug-likeness (QED) is 0.787. The molecule has 4 rings (SSSR count). The maximum atomic E-state index is 14.4. The van der Waals surface area contributed by atoms with Crippen molar-refractivity contribution in [1.82, 2.24) is 0 Å². The molecule has 0 saturated carbocycles. The zero-order valence-electron chi connectivity index (χ0n) is 15.2. The summed E-state index contributed by atoms with van der Waals surface area (Å²) in [6, 6.07) is 9.40. The first-order chi connectivity index (χ1) is 12.4. The van der Waals surface area contributed by atoms with E-state index in [1.807, 2.05) is 12.1 Å². The van der Waals surface area contributed by atoms with E-state index in [0.717, 1.165) is 11.3 Å². The van der Waals surface area contributed by atoms with Crippen LogP contribution in [0.25, 0.3) is 0 Å². The van der Waals surface area contributed by atoms with Gasteiger partial charge < -0.3 is 14.8 Å². The lowest BCUT2D eigenvalue weighted by Crippen LogP contribution is -2.44. The Morgan fingerprint density at radius 3 is 2.38 bits per heavy atom. The lowest BCUT2D eigenvalue weighted by atomic mass is 9.81. The number of benzene rings is 2. The number of hydrogen-bond donors (Lipinski definition) is 1. The molecule has 2 aliphatic heterocycles. The minimum absolute atomic E-state index is 0.00134. The van der Waals surface area contributed by atoms with E-state index in [4.69, 9.17) is 9.47 Å². The summed E-state index contributed by atoms with van der Waals surface area (Å²) in [4.78, 5) is 0. The van der Waals surface area contributed by atoms with Gasteiger partial charge in [0.2, 0.25) is 0 Å². The molecule has 3 nitrogen and oxygen atoms in total. The van der Waals surface area contributed by atoms with Crippen LogP contribution in [0, 0.1) is 11.6 Å². The van der Waals surface area contributed by atoms with Gasteiger partial charge >= 0.3 is 0 Å². The molecule has 1 saturated heterocycles. The standard InChI is InChI=1S/C21H23F2NO2/c1-21(2,3)12-7-8-16-13(11-12)19-20(26-10-9-25-19)18(24-16)17-14(22)5-4-6-15(17)23/h4-8,11,18-20,24H,9-10H2,1-3H3/t18-,19+,20-/m1/s1. The van der Waals surface area contributed by atoms with Crippen LogP contribution in [0.15, 0.2) is 36.4 Å². The molecule has 0 radical (unpaired) electrons. The van der Waals surface area contributed by atoms with E-state index in [1.54, 1.807) is 0 Å². The van der Waals surface area contributed by atoms with Crippen molar-refractivity contribution in [2.45, 2.75) is 44.4 Å². The lowest BCUT2D eigenvalue weighted by molar-refractivity contribution is -0.151. The maximum Gasteiger partial charge on any atom is 0.131 e. The fraction of sp³-hybridized carbons (Fsp3) is 0.429. The molecular formula is C21H23F2NO2. The molecular weight excluding hydrogens is 336 g/mol. The van der Waals surface area contributed by atoms with E-state index in [-0.39, 0.29) is 17.1 Å². The molecule has 0 aromatic heterocycles. The zero-order valence-corrected chi connectivity index (χ0v) is 15.2. The van der Waals surface area contributed by atoms with Gasteiger partial charge in [0.25, 0.3) is 0 Å². The molecule has 1 N–H and O–H groups in total. The number of halogens is 2. The fourth-order valence-electron chi connectivity index (χ4n) is 3.77. The van der Waals surface area contributed by atoms with Crippen LogP contribution in [0.5, 0.6) is 0 Å². The molecule has 0 spiro atoms. The van der Waals surface area contributed by atoms with Gasteiger partial charge in [0.15, 0.2) is 0 Å². The van der Waals surface area contributed by atoms with Crippen molar-refractivity contribution in [2.24, 2.45) is 0 Å². The van der Waals surface area contributed by atoms with Crippen LogP contribution < -0.4 is 5.32 Å². The number of fused-ring (bicyclic) bond motifs is 3. The van der Waals surface area contributed by atoms with Gasteiger partial charge in [-0.3, -0.25) is 0 Å². The van der Waals surface area contributed by atoms with Gasteiger partial charge in [0.05, 0.1) is 19.3 Å². The third kappa shape index (κ3) is 2.89. The normalized spacial score (nSPS) is 25.2. The second-order valence-corrected chi connectivity index (χ2v) is 7.94. The summed E-state index contributed by atoms with van der Waals surface area (Å²) in [5.41, 5.74) is 2.99. The predicted molar refractivity (Wildman–Crippen MR) is 96.3 cm³/mol. The van der Waals surface area contributed by atoms with E-state index < -0.39 is 23.8 Å². The molecule has 2 aliphatic rings. The van der Waals surface area contributed by atoms with Crippen LogP contribution in [0.3, 0.4) is 0 Å². The van der Waals surface area contributed by atoms with Crippen LogP contribution >= 0.6 is 0 Å². The Bertz CT molecular complexity index is 811. The van der Waals surface area contributed by atoms with E-state index in [2.05, 4.69) is 32.2 Å². The monoisotopic (exact) mass is 359 g/mol. The van der Waals surface area contributed by atoms with Gasteiger partial charge in [-0.2, -0.15) is 0 Å². The van der Waals surface area contributed by atoms with E-state index in [0.29, 0.717) is 13.2 Å². The summed E-state index contributed by atoms with van der Waals surface area (Å²) in [7, 11) is 0. The second-order valence-electron chi connectivity index (χ2n) is 7.94. The molecule has 0 amide bonds. The molecule has 138 valence electrons. The van der Waals surface area contributed by atoms with Crippen LogP contribution in [0.4, 0.5) is 14.5 Å². The van der Waals surface area contributed by atoms with Crippen molar-refractivity contribution in [3.05, 3.63) is 64.7 Å². The molecule has 5 heteroatoms. The number of hydrogen-bond acceptors (Lipinski definition) is 3. The van der Waals surface area contributed by atoms with Crippen LogP contribution in [-0.4, -0.2) is 19.3 Å². The summed E-state index contributed by atoms with van der Waals surface area (Å²) in [6.07, 6.45) is -0.843. The average Bonchev–Trinajstić information content (AvgIpc) is 2.60. The molecule has 0 aliphatic carbocycles. The molecule has 2 aromatic rings. The highest BCUT2D eigenvalue weighted by atomic mass is 19.1. The topological polar surface area (TPSA) is 30.5 Å². The summed E-state index contributed by atoms with van der Waals surface area (Å²) in [6.45, 7) is 7.32. The van der Waals surface area contributed by atoms with Gasteiger partial charge in [-0.05, 0) is 29.2 Å². The summed E-state index contributed by atoms with van der Waals surface area (Å²) in [5, 5.41) is 3.29. The Balaban J connectivity index is 1.82. The molecule has 0 bridgehead atoms. The molecule has 1 fully saturated rings. The molecule has 3 atom stereocenters. The smallest absolute Gasteiger partial charge is 0.131 e. The fourth-order valence-corrected chi connectivity index (χ4v) is 3.77. The second kappa shape index (κ2) is 6.32. The summed E-state index contributed by atoms with van der Waals surface area (Å²) >= 11 is 0. The SMILES string of the molecule is CC(C)(C)c1ccc2c(c1)[C@@H]1OCCO[C@@H]1[C@@H](c1c(F)cccc1F)N2. The Morgan fingerprint density at radius 1 is 1.00 bits per heavy atom. The Kier molecular flexibility index (Phi) is 4.24. The molecule has 2 heterocycles.